The molecule has 2 aliphatic heterocycles. The van der Waals surface area contributed by atoms with Crippen molar-refractivity contribution in [3.63, 3.8) is 0 Å². The van der Waals surface area contributed by atoms with Gasteiger partial charge in [0.2, 0.25) is 5.95 Å². The Morgan fingerprint density at radius 2 is 1.73 bits per heavy atom. The number of hydrogen-bond donors (Lipinski definition) is 1. The quantitative estimate of drug-likeness (QED) is 0.611. The Hall–Kier alpha value is -3.24. The zero-order chi connectivity index (χ0) is 22.9. The lowest BCUT2D eigenvalue weighted by molar-refractivity contribution is -0.0660. The minimum atomic E-state index is -0.800. The predicted octanol–water partition coefficient (Wildman–Crippen LogP) is 3.13. The Labute approximate surface area is 190 Å². The van der Waals surface area contributed by atoms with E-state index in [1.807, 2.05) is 13.0 Å². The van der Waals surface area contributed by atoms with E-state index in [0.29, 0.717) is 12.0 Å². The average Bonchev–Trinajstić information content (AvgIpc) is 3.21. The number of methoxy groups -OCH3 is 1. The van der Waals surface area contributed by atoms with Gasteiger partial charge in [0.1, 0.15) is 6.33 Å². The van der Waals surface area contributed by atoms with E-state index in [1.54, 1.807) is 0 Å². The van der Waals surface area contributed by atoms with Gasteiger partial charge in [-0.25, -0.2) is 13.5 Å². The van der Waals surface area contributed by atoms with Gasteiger partial charge in [-0.05, 0) is 30.7 Å². The Balaban J connectivity index is 1.29. The normalized spacial score (nSPS) is 17.2. The second-order valence-corrected chi connectivity index (χ2v) is 8.35. The van der Waals surface area contributed by atoms with Crippen LogP contribution in [0.15, 0.2) is 36.7 Å². The zero-order valence-corrected chi connectivity index (χ0v) is 18.6. The van der Waals surface area contributed by atoms with Gasteiger partial charge in [0, 0.05) is 49.7 Å². The van der Waals surface area contributed by atoms with E-state index >= 15 is 0 Å². The topological polar surface area (TPSA) is 67.7 Å². The minimum Gasteiger partial charge on any atom is -0.491 e. The third-order valence-electron chi connectivity index (χ3n) is 6.08. The van der Waals surface area contributed by atoms with Gasteiger partial charge in [-0.1, -0.05) is 0 Å². The van der Waals surface area contributed by atoms with E-state index in [-0.39, 0.29) is 5.69 Å². The molecule has 0 radical (unpaired) electrons. The zero-order valence-electron chi connectivity index (χ0n) is 18.6. The summed E-state index contributed by atoms with van der Waals surface area (Å²) < 4.78 is 39.5. The Bertz CT molecular complexity index is 1120. The van der Waals surface area contributed by atoms with Gasteiger partial charge in [-0.3, -0.25) is 4.90 Å². The minimum absolute atomic E-state index is 0.214. The van der Waals surface area contributed by atoms with Crippen molar-refractivity contribution in [3.8, 4) is 11.4 Å². The number of nitrogens with zero attached hydrogens (tertiary/aromatic N) is 5. The van der Waals surface area contributed by atoms with E-state index in [4.69, 9.17) is 9.47 Å². The first-order chi connectivity index (χ1) is 16.0. The number of benzene rings is 2. The van der Waals surface area contributed by atoms with Gasteiger partial charge in [0.15, 0.2) is 17.4 Å². The van der Waals surface area contributed by atoms with Crippen LogP contribution >= 0.6 is 0 Å². The number of hydrogen-bond acceptors (Lipinski definition) is 7. The molecule has 0 aliphatic carbocycles. The molecular formula is C23H26F2N6O2. The van der Waals surface area contributed by atoms with Crippen LogP contribution in [0.3, 0.4) is 0 Å². The summed E-state index contributed by atoms with van der Waals surface area (Å²) >= 11 is 0. The molecule has 3 aromatic rings. The van der Waals surface area contributed by atoms with Crippen LogP contribution < -0.4 is 15.0 Å². The Kier molecular flexibility index (Phi) is 5.86. The van der Waals surface area contributed by atoms with Gasteiger partial charge < -0.3 is 19.7 Å². The van der Waals surface area contributed by atoms with Crippen molar-refractivity contribution in [1.82, 2.24) is 19.7 Å². The molecule has 1 aromatic heterocycles. The van der Waals surface area contributed by atoms with Crippen molar-refractivity contribution in [2.24, 2.45) is 0 Å². The fourth-order valence-corrected chi connectivity index (χ4v) is 4.24. The summed E-state index contributed by atoms with van der Waals surface area (Å²) in [5.74, 6) is -1.69. The van der Waals surface area contributed by atoms with E-state index in [9.17, 15) is 8.78 Å². The SMILES string of the molecule is COc1c(F)cc(-n2cnc(Nc3cc(C)cc(N4CCN(C5COC5)CC4)c3)n2)cc1F. The number of aromatic nitrogens is 3. The van der Waals surface area contributed by atoms with Crippen molar-refractivity contribution in [3.05, 3.63) is 53.9 Å². The summed E-state index contributed by atoms with van der Waals surface area (Å²) in [6.07, 6.45) is 1.41. The molecule has 2 aromatic carbocycles. The first kappa shape index (κ1) is 21.6. The van der Waals surface area contributed by atoms with Crippen molar-refractivity contribution < 1.29 is 18.3 Å². The maximum Gasteiger partial charge on any atom is 0.246 e. The monoisotopic (exact) mass is 456 g/mol. The van der Waals surface area contributed by atoms with Crippen LogP contribution in [-0.2, 0) is 4.74 Å². The summed E-state index contributed by atoms with van der Waals surface area (Å²) in [4.78, 5) is 9.11. The van der Waals surface area contributed by atoms with Gasteiger partial charge in [0.25, 0.3) is 0 Å². The molecule has 2 aliphatic rings. The van der Waals surface area contributed by atoms with Crippen LogP contribution in [0, 0.1) is 18.6 Å². The number of anilines is 3. The molecule has 3 heterocycles. The molecule has 0 amide bonds. The number of halogens is 2. The first-order valence-corrected chi connectivity index (χ1v) is 10.9. The summed E-state index contributed by atoms with van der Waals surface area (Å²) in [5.41, 5.74) is 3.32. The van der Waals surface area contributed by atoms with E-state index in [2.05, 4.69) is 37.3 Å². The summed E-state index contributed by atoms with van der Waals surface area (Å²) in [5, 5.41) is 7.52. The lowest BCUT2D eigenvalue weighted by Gasteiger charge is -2.43. The lowest BCUT2D eigenvalue weighted by Crippen LogP contribution is -2.56. The molecule has 0 saturated carbocycles. The molecular weight excluding hydrogens is 430 g/mol. The highest BCUT2D eigenvalue weighted by Crippen LogP contribution is 2.27. The van der Waals surface area contributed by atoms with Crippen molar-refractivity contribution >= 4 is 17.3 Å². The van der Waals surface area contributed by atoms with Gasteiger partial charge in [0.05, 0.1) is 32.1 Å². The van der Waals surface area contributed by atoms with E-state index < -0.39 is 17.4 Å². The third kappa shape index (κ3) is 4.49. The van der Waals surface area contributed by atoms with Gasteiger partial charge >= 0.3 is 0 Å². The van der Waals surface area contributed by atoms with Crippen LogP contribution in [-0.4, -0.2) is 72.2 Å². The highest BCUT2D eigenvalue weighted by molar-refractivity contribution is 5.64. The number of piperazine rings is 1. The largest absolute Gasteiger partial charge is 0.491 e. The fraction of sp³-hybridized carbons (Fsp3) is 0.391. The standard InChI is InChI=1S/C23H26F2N6O2/c1-15-7-16(9-17(8-15)29-3-5-30(6-4-29)19-12-33-13-19)27-23-26-14-31(28-23)18-10-20(24)22(32-2)21(25)11-18/h7-11,14,19H,3-6,12-13H2,1-2H3,(H,27,28). The molecule has 5 rings (SSSR count). The molecule has 0 spiro atoms. The molecule has 0 atom stereocenters. The molecule has 33 heavy (non-hydrogen) atoms. The first-order valence-electron chi connectivity index (χ1n) is 10.9. The van der Waals surface area contributed by atoms with E-state index in [0.717, 1.165) is 68.5 Å². The van der Waals surface area contributed by atoms with Crippen molar-refractivity contribution in [1.29, 1.82) is 0 Å². The fourth-order valence-electron chi connectivity index (χ4n) is 4.24. The number of rotatable bonds is 6. The Morgan fingerprint density at radius 1 is 1.00 bits per heavy atom. The molecule has 8 nitrogen and oxygen atoms in total. The van der Waals surface area contributed by atoms with Crippen molar-refractivity contribution in [2.75, 3.05) is 56.7 Å². The molecule has 10 heteroatoms. The molecule has 2 fully saturated rings. The summed E-state index contributed by atoms with van der Waals surface area (Å²) in [6, 6.07) is 9.13. The van der Waals surface area contributed by atoms with E-state index in [1.165, 1.54) is 18.1 Å². The van der Waals surface area contributed by atoms with Gasteiger partial charge in [-0.15, -0.1) is 5.10 Å². The van der Waals surface area contributed by atoms with Crippen LogP contribution in [0.4, 0.5) is 26.1 Å². The highest BCUT2D eigenvalue weighted by Gasteiger charge is 2.29. The summed E-state index contributed by atoms with van der Waals surface area (Å²) in [7, 11) is 1.22. The molecule has 174 valence electrons. The van der Waals surface area contributed by atoms with Crippen molar-refractivity contribution in [2.45, 2.75) is 13.0 Å². The average molecular weight is 456 g/mol. The lowest BCUT2D eigenvalue weighted by atomic mass is 10.1. The Morgan fingerprint density at radius 3 is 2.36 bits per heavy atom. The van der Waals surface area contributed by atoms with Crippen LogP contribution in [0.1, 0.15) is 5.56 Å². The predicted molar refractivity (Wildman–Crippen MR) is 121 cm³/mol. The second kappa shape index (κ2) is 8.95. The van der Waals surface area contributed by atoms with Crippen LogP contribution in [0.2, 0.25) is 0 Å². The van der Waals surface area contributed by atoms with Crippen LogP contribution in [0.25, 0.3) is 5.69 Å². The maximum absolute atomic E-state index is 14.1. The number of ether oxygens (including phenoxy) is 2. The molecule has 1 N–H and O–H groups in total. The smallest absolute Gasteiger partial charge is 0.246 e. The number of nitrogens with one attached hydrogen (secondary N) is 1. The highest BCUT2D eigenvalue weighted by atomic mass is 19.1. The third-order valence-corrected chi connectivity index (χ3v) is 6.08. The van der Waals surface area contributed by atoms with Gasteiger partial charge in [-0.2, -0.15) is 4.98 Å². The molecule has 2 saturated heterocycles. The second-order valence-electron chi connectivity index (χ2n) is 8.35. The number of aryl methyl sites for hydroxylation is 1. The molecule has 0 bridgehead atoms. The molecule has 0 unspecified atom stereocenters. The summed E-state index contributed by atoms with van der Waals surface area (Å²) in [6.45, 7) is 7.69. The maximum atomic E-state index is 14.1. The van der Waals surface area contributed by atoms with Crippen LogP contribution in [0.5, 0.6) is 5.75 Å².